The van der Waals surface area contributed by atoms with Gasteiger partial charge in [0.25, 0.3) is 0 Å². The number of benzene rings is 1. The number of rotatable bonds is 16. The predicted octanol–water partition coefficient (Wildman–Crippen LogP) is 0.432. The molecule has 1 aromatic rings. The maximum atomic E-state index is 13.0. The molecule has 0 saturated heterocycles. The van der Waals surface area contributed by atoms with Crippen LogP contribution in [0.4, 0.5) is 15.3 Å². The quantitative estimate of drug-likeness (QED) is 0.146. The highest BCUT2D eigenvalue weighted by molar-refractivity contribution is 5.97. The number of nitrogens with zero attached hydrogens (tertiary/aromatic N) is 2. The average molecular weight is 594 g/mol. The van der Waals surface area contributed by atoms with E-state index in [1.807, 2.05) is 0 Å². The third-order valence-corrected chi connectivity index (χ3v) is 6.51. The molecule has 0 aromatic heterocycles. The van der Waals surface area contributed by atoms with E-state index in [2.05, 4.69) is 16.0 Å². The van der Waals surface area contributed by atoms with E-state index in [0.29, 0.717) is 17.7 Å². The molecule has 6 amide bonds. The molecule has 0 aliphatic carbocycles. The maximum absolute atomic E-state index is 13.0. The van der Waals surface area contributed by atoms with E-state index >= 15 is 0 Å². The van der Waals surface area contributed by atoms with Crippen LogP contribution in [0, 0.1) is 5.92 Å². The van der Waals surface area contributed by atoms with E-state index in [1.54, 1.807) is 38.1 Å². The van der Waals surface area contributed by atoms with E-state index in [-0.39, 0.29) is 38.5 Å². The molecule has 234 valence electrons. The molecule has 15 nitrogen and oxygen atoms in total. The Morgan fingerprint density at radius 3 is 2.17 bits per heavy atom. The lowest BCUT2D eigenvalue weighted by Gasteiger charge is -2.23. The standard InChI is InChI=1S/C27H43N7O8/c1-16(2)22(28)24(37)32-20(7-6-13-30-26(29)40)23(36)31-19-10-8-18(9-11-19)15-42-27(41)33(4)14-12-21(35)34(5)17(3)25(38)39/h8-11,16-17,20,22H,6-7,12-15,28H2,1-5H3,(H,31,36)(H,32,37)(H,38,39)(H3,29,30,40)/t17-,20-,22-/m0/s1. The van der Waals surface area contributed by atoms with Crippen molar-refractivity contribution in [1.29, 1.82) is 0 Å². The van der Waals surface area contributed by atoms with Gasteiger partial charge in [0, 0.05) is 39.3 Å². The van der Waals surface area contributed by atoms with Crippen LogP contribution in [0.1, 0.15) is 45.6 Å². The number of nitrogens with two attached hydrogens (primary N) is 2. The smallest absolute Gasteiger partial charge is 0.409 e. The van der Waals surface area contributed by atoms with Crippen LogP contribution in [-0.2, 0) is 30.5 Å². The van der Waals surface area contributed by atoms with Gasteiger partial charge < -0.3 is 47.1 Å². The lowest BCUT2D eigenvalue weighted by Crippen LogP contribution is -2.51. The second-order valence-electron chi connectivity index (χ2n) is 10.2. The molecule has 0 fully saturated rings. The Bertz CT molecular complexity index is 1100. The highest BCUT2D eigenvalue weighted by Crippen LogP contribution is 2.13. The number of ether oxygens (including phenoxy) is 1. The monoisotopic (exact) mass is 593 g/mol. The van der Waals surface area contributed by atoms with Gasteiger partial charge in [-0.05, 0) is 43.4 Å². The Morgan fingerprint density at radius 1 is 1.00 bits per heavy atom. The number of primary amides is 1. The normalized spacial score (nSPS) is 12.8. The number of carbonyl (C=O) groups excluding carboxylic acids is 5. The number of carboxylic acid groups (broad SMARTS) is 1. The summed E-state index contributed by atoms with van der Waals surface area (Å²) < 4.78 is 5.27. The van der Waals surface area contributed by atoms with Gasteiger partial charge in [0.05, 0.1) is 6.04 Å². The van der Waals surface area contributed by atoms with Crippen molar-refractivity contribution in [1.82, 2.24) is 20.4 Å². The molecular formula is C27H43N7O8. The van der Waals surface area contributed by atoms with Gasteiger partial charge in [0.1, 0.15) is 18.7 Å². The van der Waals surface area contributed by atoms with Crippen LogP contribution in [-0.4, -0.2) is 96.0 Å². The van der Waals surface area contributed by atoms with Crippen LogP contribution in [0.3, 0.4) is 0 Å². The third-order valence-electron chi connectivity index (χ3n) is 6.51. The number of nitrogens with one attached hydrogen (secondary N) is 3. The fourth-order valence-corrected chi connectivity index (χ4v) is 3.44. The van der Waals surface area contributed by atoms with Crippen LogP contribution in [0.15, 0.2) is 24.3 Å². The minimum absolute atomic E-state index is 0.0394. The zero-order valence-electron chi connectivity index (χ0n) is 24.7. The van der Waals surface area contributed by atoms with Crippen LogP contribution in [0.25, 0.3) is 0 Å². The van der Waals surface area contributed by atoms with Gasteiger partial charge in [0.2, 0.25) is 17.7 Å². The van der Waals surface area contributed by atoms with Crippen LogP contribution in [0.2, 0.25) is 0 Å². The Balaban J connectivity index is 2.67. The molecule has 0 spiro atoms. The number of carboxylic acids is 1. The second kappa shape index (κ2) is 17.4. The Kier molecular flexibility index (Phi) is 14.8. The Labute approximate surface area is 245 Å². The first-order valence-electron chi connectivity index (χ1n) is 13.5. The van der Waals surface area contributed by atoms with Gasteiger partial charge in [-0.25, -0.2) is 14.4 Å². The largest absolute Gasteiger partial charge is 0.480 e. The summed E-state index contributed by atoms with van der Waals surface area (Å²) >= 11 is 0. The third kappa shape index (κ3) is 12.4. The zero-order valence-corrected chi connectivity index (χ0v) is 24.7. The van der Waals surface area contributed by atoms with Crippen molar-refractivity contribution < 1.29 is 38.6 Å². The molecular weight excluding hydrogens is 550 g/mol. The summed E-state index contributed by atoms with van der Waals surface area (Å²) in [7, 11) is 2.84. The summed E-state index contributed by atoms with van der Waals surface area (Å²) in [6.07, 6.45) is -0.132. The summed E-state index contributed by atoms with van der Waals surface area (Å²) in [6, 6.07) is 3.12. The molecule has 3 atom stereocenters. The van der Waals surface area contributed by atoms with Crippen LogP contribution < -0.4 is 27.4 Å². The minimum Gasteiger partial charge on any atom is -0.480 e. The molecule has 0 radical (unpaired) electrons. The van der Waals surface area contributed by atoms with Gasteiger partial charge in [0.15, 0.2) is 0 Å². The van der Waals surface area contributed by atoms with Gasteiger partial charge in [-0.2, -0.15) is 0 Å². The first-order valence-corrected chi connectivity index (χ1v) is 13.5. The molecule has 42 heavy (non-hydrogen) atoms. The van der Waals surface area contributed by atoms with Crippen molar-refractivity contribution >= 4 is 41.5 Å². The number of anilines is 1. The van der Waals surface area contributed by atoms with Gasteiger partial charge >= 0.3 is 18.1 Å². The van der Waals surface area contributed by atoms with Gasteiger partial charge in [-0.1, -0.05) is 26.0 Å². The number of amides is 6. The molecule has 1 rings (SSSR count). The number of likely N-dealkylation sites (N-methyl/N-ethyl adjacent to an activating group) is 1. The van der Waals surface area contributed by atoms with Crippen molar-refractivity contribution in [2.45, 2.75) is 64.8 Å². The SMILES string of the molecule is CC(C)[C@H](N)C(=O)N[C@@H](CCCNC(N)=O)C(=O)Nc1ccc(COC(=O)N(C)CCC(=O)N(C)[C@@H](C)C(=O)O)cc1. The summed E-state index contributed by atoms with van der Waals surface area (Å²) in [4.78, 5) is 74.1. The van der Waals surface area contributed by atoms with Crippen LogP contribution >= 0.6 is 0 Å². The first kappa shape index (κ1) is 35.6. The van der Waals surface area contributed by atoms with E-state index in [9.17, 15) is 28.8 Å². The van der Waals surface area contributed by atoms with Crippen molar-refractivity contribution in [3.05, 3.63) is 29.8 Å². The lowest BCUT2D eigenvalue weighted by molar-refractivity contribution is -0.148. The topological polar surface area (TPSA) is 226 Å². The first-order chi connectivity index (χ1) is 19.6. The van der Waals surface area contributed by atoms with E-state index < -0.39 is 53.9 Å². The number of urea groups is 1. The number of carbonyl (C=O) groups is 6. The molecule has 0 aliphatic heterocycles. The highest BCUT2D eigenvalue weighted by Gasteiger charge is 2.25. The van der Waals surface area contributed by atoms with Crippen molar-refractivity contribution in [3.63, 3.8) is 0 Å². The maximum Gasteiger partial charge on any atom is 0.409 e. The van der Waals surface area contributed by atoms with Gasteiger partial charge in [-0.15, -0.1) is 0 Å². The summed E-state index contributed by atoms with van der Waals surface area (Å²) in [5.41, 5.74) is 12.0. The van der Waals surface area contributed by atoms with Crippen molar-refractivity contribution in [3.8, 4) is 0 Å². The number of hydrogen-bond acceptors (Lipinski definition) is 8. The number of aliphatic carboxylic acids is 1. The molecule has 15 heteroatoms. The fraction of sp³-hybridized carbons (Fsp3) is 0.556. The lowest BCUT2D eigenvalue weighted by atomic mass is 10.0. The van der Waals surface area contributed by atoms with Crippen LogP contribution in [0.5, 0.6) is 0 Å². The second-order valence-corrected chi connectivity index (χ2v) is 10.2. The fourth-order valence-electron chi connectivity index (χ4n) is 3.44. The minimum atomic E-state index is -1.13. The van der Waals surface area contributed by atoms with Gasteiger partial charge in [-0.3, -0.25) is 14.4 Å². The Morgan fingerprint density at radius 2 is 1.62 bits per heavy atom. The van der Waals surface area contributed by atoms with E-state index in [1.165, 1.54) is 25.9 Å². The average Bonchev–Trinajstić information content (AvgIpc) is 2.94. The summed E-state index contributed by atoms with van der Waals surface area (Å²) in [6.45, 7) is 5.17. The van der Waals surface area contributed by atoms with Crippen molar-refractivity contribution in [2.24, 2.45) is 17.4 Å². The highest BCUT2D eigenvalue weighted by atomic mass is 16.6. The van der Waals surface area contributed by atoms with E-state index in [0.717, 1.165) is 4.90 Å². The molecule has 0 bridgehead atoms. The molecule has 8 N–H and O–H groups in total. The van der Waals surface area contributed by atoms with E-state index in [4.69, 9.17) is 21.3 Å². The van der Waals surface area contributed by atoms with Crippen molar-refractivity contribution in [2.75, 3.05) is 32.5 Å². The molecule has 0 saturated carbocycles. The Hall–Kier alpha value is -4.40. The summed E-state index contributed by atoms with van der Waals surface area (Å²) in [5.74, 6) is -2.63. The molecule has 0 aliphatic rings. The molecule has 0 unspecified atom stereocenters. The zero-order chi connectivity index (χ0) is 32.0. The summed E-state index contributed by atoms with van der Waals surface area (Å²) in [5, 5.41) is 16.8. The molecule has 1 aromatic carbocycles. The molecule has 0 heterocycles. The predicted molar refractivity (Wildman–Crippen MR) is 154 cm³/mol. The number of hydrogen-bond donors (Lipinski definition) is 6.